The number of nitro groups is 1. The van der Waals surface area contributed by atoms with Crippen LogP contribution in [0.2, 0.25) is 0 Å². The first-order valence-electron chi connectivity index (χ1n) is 7.37. The molecule has 2 rings (SSSR count). The highest BCUT2D eigenvalue weighted by Crippen LogP contribution is 2.11. The zero-order valence-corrected chi connectivity index (χ0v) is 13.4. The summed E-state index contributed by atoms with van der Waals surface area (Å²) in [6.45, 7) is 1.63. The first kappa shape index (κ1) is 17.8. The van der Waals surface area contributed by atoms with E-state index in [-0.39, 0.29) is 18.1 Å². The van der Waals surface area contributed by atoms with E-state index in [2.05, 4.69) is 15.8 Å². The Labute approximate surface area is 143 Å². The molecule has 8 nitrogen and oxygen atoms in total. The van der Waals surface area contributed by atoms with Gasteiger partial charge in [-0.1, -0.05) is 29.8 Å². The van der Waals surface area contributed by atoms with E-state index in [0.29, 0.717) is 11.1 Å². The van der Waals surface area contributed by atoms with Gasteiger partial charge in [-0.15, -0.1) is 0 Å². The lowest BCUT2D eigenvalue weighted by atomic mass is 10.1. The molecule has 25 heavy (non-hydrogen) atoms. The van der Waals surface area contributed by atoms with Gasteiger partial charge in [0.25, 0.3) is 17.5 Å². The lowest BCUT2D eigenvalue weighted by molar-refractivity contribution is -0.384. The minimum Gasteiger partial charge on any atom is -0.343 e. The molecule has 0 bridgehead atoms. The summed E-state index contributed by atoms with van der Waals surface area (Å²) in [4.78, 5) is 33.7. The van der Waals surface area contributed by atoms with Crippen LogP contribution in [0.25, 0.3) is 0 Å². The molecule has 2 aromatic rings. The van der Waals surface area contributed by atoms with Crippen LogP contribution in [0.3, 0.4) is 0 Å². The fraction of sp³-hybridized carbons (Fsp3) is 0.118. The van der Waals surface area contributed by atoms with Crippen LogP contribution in [0, 0.1) is 17.0 Å². The van der Waals surface area contributed by atoms with Gasteiger partial charge in [-0.3, -0.25) is 19.7 Å². The van der Waals surface area contributed by atoms with Crippen molar-refractivity contribution in [3.05, 3.63) is 75.3 Å². The Morgan fingerprint density at radius 1 is 1.20 bits per heavy atom. The highest BCUT2D eigenvalue weighted by Gasteiger charge is 2.08. The quantitative estimate of drug-likeness (QED) is 0.474. The predicted molar refractivity (Wildman–Crippen MR) is 92.3 cm³/mol. The Kier molecular flexibility index (Phi) is 5.94. The smallest absolute Gasteiger partial charge is 0.270 e. The number of nitrogens with zero attached hydrogens (tertiary/aromatic N) is 2. The van der Waals surface area contributed by atoms with Crippen molar-refractivity contribution in [2.45, 2.75) is 6.92 Å². The Balaban J connectivity index is 1.83. The molecule has 2 aromatic carbocycles. The molecule has 0 fully saturated rings. The monoisotopic (exact) mass is 340 g/mol. The highest BCUT2D eigenvalue weighted by molar-refractivity contribution is 5.96. The van der Waals surface area contributed by atoms with Crippen molar-refractivity contribution in [3.63, 3.8) is 0 Å². The van der Waals surface area contributed by atoms with E-state index < -0.39 is 10.8 Å². The Morgan fingerprint density at radius 2 is 1.96 bits per heavy atom. The molecule has 0 aromatic heterocycles. The zero-order valence-electron chi connectivity index (χ0n) is 13.4. The molecule has 0 heterocycles. The van der Waals surface area contributed by atoms with Crippen LogP contribution in [-0.4, -0.2) is 29.5 Å². The van der Waals surface area contributed by atoms with Gasteiger partial charge in [0.05, 0.1) is 17.7 Å². The minimum atomic E-state index is -0.517. The Hall–Kier alpha value is -3.55. The molecule has 0 aliphatic heterocycles. The van der Waals surface area contributed by atoms with Crippen molar-refractivity contribution >= 4 is 23.7 Å². The number of aryl methyl sites for hydroxylation is 1. The number of hydrogen-bond acceptors (Lipinski definition) is 5. The van der Waals surface area contributed by atoms with Gasteiger partial charge in [-0.05, 0) is 19.1 Å². The van der Waals surface area contributed by atoms with Gasteiger partial charge in [0.1, 0.15) is 0 Å². The van der Waals surface area contributed by atoms with Crippen molar-refractivity contribution in [1.82, 2.24) is 10.7 Å². The number of hydrazone groups is 1. The molecule has 0 atom stereocenters. The molecule has 0 aliphatic rings. The summed E-state index contributed by atoms with van der Waals surface area (Å²) in [6.07, 6.45) is 1.28. The molecule has 0 spiro atoms. The molecule has 0 aliphatic carbocycles. The molecule has 128 valence electrons. The lowest BCUT2D eigenvalue weighted by Gasteiger charge is -2.04. The number of carbonyl (C=O) groups is 2. The zero-order chi connectivity index (χ0) is 18.2. The van der Waals surface area contributed by atoms with E-state index in [4.69, 9.17) is 0 Å². The van der Waals surface area contributed by atoms with Gasteiger partial charge >= 0.3 is 0 Å². The van der Waals surface area contributed by atoms with Crippen molar-refractivity contribution < 1.29 is 14.5 Å². The number of carbonyl (C=O) groups excluding carboxylic acids is 2. The highest BCUT2D eigenvalue weighted by atomic mass is 16.6. The summed E-state index contributed by atoms with van der Waals surface area (Å²) in [6, 6.07) is 12.8. The first-order valence-corrected chi connectivity index (χ1v) is 7.37. The van der Waals surface area contributed by atoms with E-state index in [0.717, 1.165) is 5.56 Å². The average Bonchev–Trinajstić information content (AvgIpc) is 2.60. The normalized spacial score (nSPS) is 10.4. The third kappa shape index (κ3) is 5.54. The number of rotatable bonds is 6. The molecule has 8 heteroatoms. The second-order valence-electron chi connectivity index (χ2n) is 5.20. The SMILES string of the molecule is Cc1cccc(C(=O)NCC(=O)N/N=C\c2cccc([N+](=O)[O-])c2)c1. The third-order valence-electron chi connectivity index (χ3n) is 3.17. The average molecular weight is 340 g/mol. The van der Waals surface area contributed by atoms with Crippen LogP contribution in [0.4, 0.5) is 5.69 Å². The lowest BCUT2D eigenvalue weighted by Crippen LogP contribution is -2.34. The first-order chi connectivity index (χ1) is 12.0. The summed E-state index contributed by atoms with van der Waals surface area (Å²) >= 11 is 0. The number of benzene rings is 2. The molecule has 2 amide bonds. The number of non-ortho nitro benzene ring substituents is 1. The standard InChI is InChI=1S/C17H16N4O4/c1-12-4-2-6-14(8-12)17(23)18-11-16(22)20-19-10-13-5-3-7-15(9-13)21(24)25/h2-10H,11H2,1H3,(H,18,23)(H,20,22)/b19-10-. The second kappa shape index (κ2) is 8.34. The predicted octanol–water partition coefficient (Wildman–Crippen LogP) is 1.78. The second-order valence-corrected chi connectivity index (χ2v) is 5.20. The van der Waals surface area contributed by atoms with Crippen LogP contribution in [-0.2, 0) is 4.79 Å². The molecule has 0 saturated carbocycles. The largest absolute Gasteiger partial charge is 0.343 e. The Morgan fingerprint density at radius 3 is 2.68 bits per heavy atom. The van der Waals surface area contributed by atoms with E-state index >= 15 is 0 Å². The van der Waals surface area contributed by atoms with E-state index in [1.54, 1.807) is 24.3 Å². The van der Waals surface area contributed by atoms with Crippen LogP contribution in [0.1, 0.15) is 21.5 Å². The molecule has 0 unspecified atom stereocenters. The number of hydrogen-bond donors (Lipinski definition) is 2. The van der Waals surface area contributed by atoms with Crippen LogP contribution >= 0.6 is 0 Å². The van der Waals surface area contributed by atoms with E-state index in [1.165, 1.54) is 24.4 Å². The van der Waals surface area contributed by atoms with Crippen molar-refractivity contribution in [2.75, 3.05) is 6.54 Å². The van der Waals surface area contributed by atoms with Crippen molar-refractivity contribution in [1.29, 1.82) is 0 Å². The number of nitro benzene ring substituents is 1. The van der Waals surface area contributed by atoms with Gasteiger partial charge in [0.2, 0.25) is 0 Å². The van der Waals surface area contributed by atoms with Gasteiger partial charge in [-0.2, -0.15) is 5.10 Å². The fourth-order valence-electron chi connectivity index (χ4n) is 1.99. The van der Waals surface area contributed by atoms with E-state index in [1.807, 2.05) is 13.0 Å². The Bertz CT molecular complexity index is 833. The molecule has 0 saturated heterocycles. The van der Waals surface area contributed by atoms with Crippen LogP contribution in [0.5, 0.6) is 0 Å². The van der Waals surface area contributed by atoms with Gasteiger partial charge in [0, 0.05) is 23.3 Å². The van der Waals surface area contributed by atoms with Crippen LogP contribution < -0.4 is 10.7 Å². The number of nitrogens with one attached hydrogen (secondary N) is 2. The van der Waals surface area contributed by atoms with Gasteiger partial charge < -0.3 is 5.32 Å². The fourth-order valence-corrected chi connectivity index (χ4v) is 1.99. The molecular formula is C17H16N4O4. The van der Waals surface area contributed by atoms with Crippen molar-refractivity contribution in [3.8, 4) is 0 Å². The topological polar surface area (TPSA) is 114 Å². The maximum absolute atomic E-state index is 11.9. The maximum Gasteiger partial charge on any atom is 0.270 e. The molecule has 0 radical (unpaired) electrons. The minimum absolute atomic E-state index is 0.0688. The van der Waals surface area contributed by atoms with E-state index in [9.17, 15) is 19.7 Å². The van der Waals surface area contributed by atoms with Crippen molar-refractivity contribution in [2.24, 2.45) is 5.10 Å². The molecule has 2 N–H and O–H groups in total. The van der Waals surface area contributed by atoms with Crippen LogP contribution in [0.15, 0.2) is 53.6 Å². The summed E-state index contributed by atoms with van der Waals surface area (Å²) in [7, 11) is 0. The number of amides is 2. The molecular weight excluding hydrogens is 324 g/mol. The maximum atomic E-state index is 11.9. The summed E-state index contributed by atoms with van der Waals surface area (Å²) in [5.74, 6) is -0.871. The summed E-state index contributed by atoms with van der Waals surface area (Å²) in [5, 5.41) is 16.9. The summed E-state index contributed by atoms with van der Waals surface area (Å²) in [5.41, 5.74) is 4.05. The van der Waals surface area contributed by atoms with Gasteiger partial charge in [-0.25, -0.2) is 5.43 Å². The summed E-state index contributed by atoms with van der Waals surface area (Å²) < 4.78 is 0. The third-order valence-corrected chi connectivity index (χ3v) is 3.17. The van der Waals surface area contributed by atoms with Gasteiger partial charge in [0.15, 0.2) is 0 Å².